The fraction of sp³-hybridized carbons (Fsp3) is 0.176. The first-order valence-electron chi connectivity index (χ1n) is 6.89. The van der Waals surface area contributed by atoms with E-state index in [1.807, 2.05) is 31.2 Å². The van der Waals surface area contributed by atoms with Gasteiger partial charge in [0, 0.05) is 17.4 Å². The maximum absolute atomic E-state index is 11.2. The van der Waals surface area contributed by atoms with Gasteiger partial charge in [-0.3, -0.25) is 4.79 Å². The molecule has 2 aromatic rings. The minimum atomic E-state index is -0.542. The molecule has 0 spiro atoms. The van der Waals surface area contributed by atoms with Gasteiger partial charge in [-0.15, -0.1) is 0 Å². The minimum Gasteiger partial charge on any atom is -0.387 e. The number of aliphatic hydroxyl groups excluding tert-OH is 1. The van der Waals surface area contributed by atoms with Crippen LogP contribution in [0.15, 0.2) is 48.5 Å². The van der Waals surface area contributed by atoms with Crippen molar-refractivity contribution in [1.82, 2.24) is 0 Å². The number of benzene rings is 2. The van der Waals surface area contributed by atoms with Crippen LogP contribution in [-0.2, 0) is 4.79 Å². The summed E-state index contributed by atoms with van der Waals surface area (Å²) in [4.78, 5) is 11.2. The van der Waals surface area contributed by atoms with Gasteiger partial charge >= 0.3 is 0 Å². The third-order valence-electron chi connectivity index (χ3n) is 3.21. The van der Waals surface area contributed by atoms with Crippen molar-refractivity contribution in [2.75, 3.05) is 17.2 Å². The molecule has 2 aromatic carbocycles. The topological polar surface area (TPSA) is 85.2 Å². The van der Waals surface area contributed by atoms with Gasteiger partial charge in [0.15, 0.2) is 0 Å². The van der Waals surface area contributed by atoms with Crippen LogP contribution < -0.4 is 10.6 Å². The summed E-state index contributed by atoms with van der Waals surface area (Å²) in [5.41, 5.74) is 3.16. The van der Waals surface area contributed by atoms with Crippen LogP contribution in [0.3, 0.4) is 0 Å². The highest BCUT2D eigenvalue weighted by molar-refractivity contribution is 5.91. The maximum Gasteiger partial charge on any atom is 0.250 e. The largest absolute Gasteiger partial charge is 0.387 e. The quantitative estimate of drug-likeness (QED) is 0.791. The Morgan fingerprint density at radius 3 is 2.55 bits per heavy atom. The molecule has 5 nitrogen and oxygen atoms in total. The van der Waals surface area contributed by atoms with Gasteiger partial charge in [0.25, 0.3) is 0 Å². The third kappa shape index (κ3) is 4.08. The molecule has 1 amide bonds. The summed E-state index contributed by atoms with van der Waals surface area (Å²) >= 11 is 0. The van der Waals surface area contributed by atoms with Crippen molar-refractivity contribution >= 4 is 17.3 Å². The Hall–Kier alpha value is -2.84. The first-order valence-corrected chi connectivity index (χ1v) is 6.89. The number of carbonyl (C=O) groups excluding carboxylic acids is 1. The molecule has 0 aliphatic rings. The number of anilines is 2. The fourth-order valence-electron chi connectivity index (χ4n) is 2.07. The Balaban J connectivity index is 2.07. The third-order valence-corrected chi connectivity index (χ3v) is 3.21. The summed E-state index contributed by atoms with van der Waals surface area (Å²) in [7, 11) is 0. The number of hydrogen-bond acceptors (Lipinski definition) is 4. The molecule has 0 aliphatic heterocycles. The SMILES string of the molecule is C[C@@H](Nc1cccc(NC(=O)CO)c1)c1ccc(C#N)cc1. The summed E-state index contributed by atoms with van der Waals surface area (Å²) in [6.45, 7) is 1.47. The monoisotopic (exact) mass is 295 g/mol. The van der Waals surface area contributed by atoms with Crippen molar-refractivity contribution in [3.8, 4) is 6.07 Å². The van der Waals surface area contributed by atoms with Gasteiger partial charge < -0.3 is 15.7 Å². The highest BCUT2D eigenvalue weighted by Crippen LogP contribution is 2.22. The molecule has 22 heavy (non-hydrogen) atoms. The predicted octanol–water partition coefficient (Wildman–Crippen LogP) is 2.66. The summed E-state index contributed by atoms with van der Waals surface area (Å²) in [6, 6.07) is 16.8. The number of nitrogens with one attached hydrogen (secondary N) is 2. The molecule has 1 atom stereocenters. The number of hydrogen-bond donors (Lipinski definition) is 3. The van der Waals surface area contributed by atoms with E-state index in [-0.39, 0.29) is 6.04 Å². The van der Waals surface area contributed by atoms with Gasteiger partial charge in [-0.1, -0.05) is 18.2 Å². The summed E-state index contributed by atoms with van der Waals surface area (Å²) in [5, 5.41) is 23.5. The van der Waals surface area contributed by atoms with Crippen molar-refractivity contribution < 1.29 is 9.90 Å². The van der Waals surface area contributed by atoms with Crippen LogP contribution in [0.2, 0.25) is 0 Å². The highest BCUT2D eigenvalue weighted by atomic mass is 16.3. The Bertz CT molecular complexity index is 690. The molecular formula is C17H17N3O2. The zero-order valence-corrected chi connectivity index (χ0v) is 12.2. The van der Waals surface area contributed by atoms with E-state index in [2.05, 4.69) is 16.7 Å². The number of aliphatic hydroxyl groups is 1. The molecule has 112 valence electrons. The van der Waals surface area contributed by atoms with E-state index in [1.54, 1.807) is 24.3 Å². The van der Waals surface area contributed by atoms with E-state index in [0.29, 0.717) is 11.3 Å². The van der Waals surface area contributed by atoms with Crippen molar-refractivity contribution in [1.29, 1.82) is 5.26 Å². The highest BCUT2D eigenvalue weighted by Gasteiger charge is 2.06. The average molecular weight is 295 g/mol. The maximum atomic E-state index is 11.2. The van der Waals surface area contributed by atoms with E-state index in [4.69, 9.17) is 10.4 Å². The lowest BCUT2D eigenvalue weighted by atomic mass is 10.1. The zero-order valence-electron chi connectivity index (χ0n) is 12.2. The summed E-state index contributed by atoms with van der Waals surface area (Å²) in [5.74, 6) is -0.447. The lowest BCUT2D eigenvalue weighted by Crippen LogP contribution is -2.15. The summed E-state index contributed by atoms with van der Waals surface area (Å²) in [6.07, 6.45) is 0. The van der Waals surface area contributed by atoms with Crippen molar-refractivity contribution in [2.24, 2.45) is 0 Å². The molecule has 0 radical (unpaired) electrons. The molecule has 0 aliphatic carbocycles. The molecule has 0 saturated carbocycles. The van der Waals surface area contributed by atoms with Crippen LogP contribution in [-0.4, -0.2) is 17.6 Å². The van der Waals surface area contributed by atoms with Gasteiger partial charge in [-0.05, 0) is 42.8 Å². The van der Waals surface area contributed by atoms with Crippen LogP contribution in [0.1, 0.15) is 24.1 Å². The number of rotatable bonds is 5. The van der Waals surface area contributed by atoms with Crippen LogP contribution in [0.5, 0.6) is 0 Å². The second-order valence-corrected chi connectivity index (χ2v) is 4.89. The molecule has 3 N–H and O–H groups in total. The van der Waals surface area contributed by atoms with E-state index < -0.39 is 12.5 Å². The Kier molecular flexibility index (Phi) is 5.12. The zero-order chi connectivity index (χ0) is 15.9. The predicted molar refractivity (Wildman–Crippen MR) is 85.4 cm³/mol. The van der Waals surface area contributed by atoms with Crippen LogP contribution >= 0.6 is 0 Å². The lowest BCUT2D eigenvalue weighted by molar-refractivity contribution is -0.118. The second kappa shape index (κ2) is 7.25. The Morgan fingerprint density at radius 2 is 1.91 bits per heavy atom. The number of nitrogens with zero attached hydrogens (tertiary/aromatic N) is 1. The molecule has 2 rings (SSSR count). The molecule has 5 heteroatoms. The van der Waals surface area contributed by atoms with E-state index in [1.165, 1.54) is 0 Å². The second-order valence-electron chi connectivity index (χ2n) is 4.89. The van der Waals surface area contributed by atoms with E-state index in [9.17, 15) is 4.79 Å². The molecular weight excluding hydrogens is 278 g/mol. The average Bonchev–Trinajstić information content (AvgIpc) is 2.55. The molecule has 0 bridgehead atoms. The van der Waals surface area contributed by atoms with Crippen LogP contribution in [0, 0.1) is 11.3 Å². The smallest absolute Gasteiger partial charge is 0.250 e. The van der Waals surface area contributed by atoms with Crippen molar-refractivity contribution in [3.63, 3.8) is 0 Å². The molecule has 0 unspecified atom stereocenters. The van der Waals surface area contributed by atoms with Gasteiger partial charge in [0.2, 0.25) is 5.91 Å². The minimum absolute atomic E-state index is 0.0523. The first kappa shape index (κ1) is 15.5. The molecule has 0 fully saturated rings. The Labute approximate surface area is 129 Å². The van der Waals surface area contributed by atoms with Gasteiger partial charge in [0.1, 0.15) is 6.61 Å². The first-order chi connectivity index (χ1) is 10.6. The molecule has 0 aromatic heterocycles. The van der Waals surface area contributed by atoms with Crippen LogP contribution in [0.25, 0.3) is 0 Å². The van der Waals surface area contributed by atoms with Gasteiger partial charge in [0.05, 0.1) is 11.6 Å². The lowest BCUT2D eigenvalue weighted by Gasteiger charge is -2.16. The van der Waals surface area contributed by atoms with Crippen LogP contribution in [0.4, 0.5) is 11.4 Å². The molecule has 0 saturated heterocycles. The normalized spacial score (nSPS) is 11.3. The molecule has 0 heterocycles. The fourth-order valence-corrected chi connectivity index (χ4v) is 2.07. The van der Waals surface area contributed by atoms with Crippen molar-refractivity contribution in [3.05, 3.63) is 59.7 Å². The number of nitriles is 1. The number of carbonyl (C=O) groups is 1. The van der Waals surface area contributed by atoms with Gasteiger partial charge in [-0.25, -0.2) is 0 Å². The Morgan fingerprint density at radius 1 is 1.23 bits per heavy atom. The van der Waals surface area contributed by atoms with Gasteiger partial charge in [-0.2, -0.15) is 5.26 Å². The van der Waals surface area contributed by atoms with E-state index in [0.717, 1.165) is 11.3 Å². The van der Waals surface area contributed by atoms with Crippen molar-refractivity contribution in [2.45, 2.75) is 13.0 Å². The summed E-state index contributed by atoms with van der Waals surface area (Å²) < 4.78 is 0. The number of amides is 1. The standard InChI is InChI=1S/C17H17N3O2/c1-12(14-7-5-13(10-18)6-8-14)19-15-3-2-4-16(9-15)20-17(22)11-21/h2-9,12,19,21H,11H2,1H3,(H,20,22)/t12-/m1/s1. The van der Waals surface area contributed by atoms with E-state index >= 15 is 0 Å².